The van der Waals surface area contributed by atoms with E-state index < -0.39 is 0 Å². The van der Waals surface area contributed by atoms with Gasteiger partial charge in [0.2, 0.25) is 6.79 Å². The summed E-state index contributed by atoms with van der Waals surface area (Å²) in [5.41, 5.74) is 6.81. The molecule has 0 spiro atoms. The van der Waals surface area contributed by atoms with Crippen molar-refractivity contribution in [2.45, 2.75) is 32.7 Å². The predicted octanol–water partition coefficient (Wildman–Crippen LogP) is 2.26. The molecule has 2 rings (SSSR count). The summed E-state index contributed by atoms with van der Waals surface area (Å²) in [5.74, 6) is 1.09. The smallest absolute Gasteiger partial charge is 0.256 e. The van der Waals surface area contributed by atoms with Gasteiger partial charge in [0.15, 0.2) is 11.5 Å². The van der Waals surface area contributed by atoms with E-state index in [2.05, 4.69) is 6.92 Å². The zero-order valence-corrected chi connectivity index (χ0v) is 11.6. The quantitative estimate of drug-likeness (QED) is 0.847. The van der Waals surface area contributed by atoms with E-state index in [9.17, 15) is 4.79 Å². The van der Waals surface area contributed by atoms with Gasteiger partial charge in [0.05, 0.1) is 5.56 Å². The van der Waals surface area contributed by atoms with Crippen molar-refractivity contribution in [2.24, 2.45) is 0 Å². The maximum atomic E-state index is 12.4. The number of amides is 1. The second kappa shape index (κ2) is 5.38. The molecule has 1 heterocycles. The molecule has 0 saturated heterocycles. The highest BCUT2D eigenvalue weighted by Crippen LogP contribution is 2.36. The number of carbonyl (C=O) groups is 1. The lowest BCUT2D eigenvalue weighted by molar-refractivity contribution is 0.0737. The van der Waals surface area contributed by atoms with Crippen molar-refractivity contribution in [3.63, 3.8) is 0 Å². The summed E-state index contributed by atoms with van der Waals surface area (Å²) >= 11 is 0. The molecule has 0 aliphatic carbocycles. The first-order valence-corrected chi connectivity index (χ1v) is 6.50. The fraction of sp³-hybridized carbons (Fsp3) is 0.500. The second-order valence-electron chi connectivity index (χ2n) is 4.85. The summed E-state index contributed by atoms with van der Waals surface area (Å²) in [5, 5.41) is 0. The Morgan fingerprint density at radius 2 is 2.05 bits per heavy atom. The maximum Gasteiger partial charge on any atom is 0.256 e. The molecule has 1 aromatic carbocycles. The molecule has 0 fully saturated rings. The van der Waals surface area contributed by atoms with Crippen molar-refractivity contribution >= 4 is 11.6 Å². The second-order valence-corrected chi connectivity index (χ2v) is 4.85. The van der Waals surface area contributed by atoms with Crippen LogP contribution in [-0.2, 0) is 0 Å². The van der Waals surface area contributed by atoms with Crippen LogP contribution in [0.15, 0.2) is 12.1 Å². The summed E-state index contributed by atoms with van der Waals surface area (Å²) in [6.07, 6.45) is 2.00. The molecule has 1 aliphatic heterocycles. The van der Waals surface area contributed by atoms with Crippen LogP contribution in [-0.4, -0.2) is 30.7 Å². The normalized spacial score (nSPS) is 14.3. The number of carbonyl (C=O) groups excluding carboxylic acids is 1. The van der Waals surface area contributed by atoms with Crippen LogP contribution >= 0.6 is 0 Å². The Morgan fingerprint density at radius 3 is 2.68 bits per heavy atom. The average Bonchev–Trinajstić information content (AvgIpc) is 2.83. The topological polar surface area (TPSA) is 64.8 Å². The molecule has 2 N–H and O–H groups in total. The number of nitrogens with two attached hydrogens (primary N) is 1. The van der Waals surface area contributed by atoms with Crippen molar-refractivity contribution in [2.75, 3.05) is 19.6 Å². The summed E-state index contributed by atoms with van der Waals surface area (Å²) in [4.78, 5) is 14.2. The molecule has 1 aliphatic rings. The lowest BCUT2D eigenvalue weighted by Gasteiger charge is -2.25. The fourth-order valence-electron chi connectivity index (χ4n) is 2.14. The highest BCUT2D eigenvalue weighted by atomic mass is 16.7. The number of anilines is 1. The molecule has 5 nitrogen and oxygen atoms in total. The fourth-order valence-corrected chi connectivity index (χ4v) is 2.14. The van der Waals surface area contributed by atoms with Crippen molar-refractivity contribution in [3.05, 3.63) is 17.7 Å². The highest BCUT2D eigenvalue weighted by Gasteiger charge is 2.23. The SMILES string of the molecule is CCCC(C)N(C)C(=O)c1cc2c(cc1N)OCO2. The first kappa shape index (κ1) is 13.5. The van der Waals surface area contributed by atoms with Crippen LogP contribution < -0.4 is 15.2 Å². The van der Waals surface area contributed by atoms with Gasteiger partial charge in [0.25, 0.3) is 5.91 Å². The average molecular weight is 264 g/mol. The van der Waals surface area contributed by atoms with Gasteiger partial charge in [-0.3, -0.25) is 4.79 Å². The van der Waals surface area contributed by atoms with E-state index in [-0.39, 0.29) is 18.7 Å². The Morgan fingerprint density at radius 1 is 1.42 bits per heavy atom. The Hall–Kier alpha value is -1.91. The number of hydrogen-bond donors (Lipinski definition) is 1. The monoisotopic (exact) mass is 264 g/mol. The molecule has 5 heteroatoms. The molecule has 1 unspecified atom stereocenters. The van der Waals surface area contributed by atoms with E-state index in [0.29, 0.717) is 22.7 Å². The van der Waals surface area contributed by atoms with E-state index in [4.69, 9.17) is 15.2 Å². The predicted molar refractivity (Wildman–Crippen MR) is 73.4 cm³/mol. The Balaban J connectivity index is 2.24. The number of nitrogens with zero attached hydrogens (tertiary/aromatic N) is 1. The standard InChI is InChI=1S/C14H20N2O3/c1-4-5-9(2)16(3)14(17)10-6-12-13(7-11(10)15)19-8-18-12/h6-7,9H,4-5,8,15H2,1-3H3. The Bertz CT molecular complexity index is 488. The highest BCUT2D eigenvalue weighted by molar-refractivity contribution is 6.00. The van der Waals surface area contributed by atoms with Crippen LogP contribution in [0.5, 0.6) is 11.5 Å². The molecule has 0 aromatic heterocycles. The van der Waals surface area contributed by atoms with Gasteiger partial charge >= 0.3 is 0 Å². The van der Waals surface area contributed by atoms with Crippen molar-refractivity contribution in [3.8, 4) is 11.5 Å². The summed E-state index contributed by atoms with van der Waals surface area (Å²) < 4.78 is 10.5. The van der Waals surface area contributed by atoms with E-state index >= 15 is 0 Å². The van der Waals surface area contributed by atoms with Crippen LogP contribution in [0.1, 0.15) is 37.0 Å². The van der Waals surface area contributed by atoms with Gasteiger partial charge in [-0.15, -0.1) is 0 Å². The van der Waals surface area contributed by atoms with Crippen molar-refractivity contribution < 1.29 is 14.3 Å². The van der Waals surface area contributed by atoms with Gasteiger partial charge in [-0.2, -0.15) is 0 Å². The van der Waals surface area contributed by atoms with E-state index in [0.717, 1.165) is 12.8 Å². The van der Waals surface area contributed by atoms with Crippen LogP contribution in [0.25, 0.3) is 0 Å². The minimum atomic E-state index is -0.0863. The molecular weight excluding hydrogens is 244 g/mol. The lowest BCUT2D eigenvalue weighted by Crippen LogP contribution is -2.35. The molecule has 104 valence electrons. The minimum Gasteiger partial charge on any atom is -0.454 e. The van der Waals surface area contributed by atoms with Crippen LogP contribution in [0.3, 0.4) is 0 Å². The van der Waals surface area contributed by atoms with Crippen LogP contribution in [0, 0.1) is 0 Å². The van der Waals surface area contributed by atoms with Crippen molar-refractivity contribution in [1.82, 2.24) is 4.90 Å². The number of hydrogen-bond acceptors (Lipinski definition) is 4. The Labute approximate surface area is 113 Å². The third-order valence-corrected chi connectivity index (χ3v) is 3.46. The van der Waals surface area contributed by atoms with Gasteiger partial charge in [-0.1, -0.05) is 13.3 Å². The third-order valence-electron chi connectivity index (χ3n) is 3.46. The molecule has 19 heavy (non-hydrogen) atoms. The first-order chi connectivity index (χ1) is 9.04. The van der Waals surface area contributed by atoms with E-state index in [1.165, 1.54) is 0 Å². The lowest BCUT2D eigenvalue weighted by atomic mass is 10.1. The summed E-state index contributed by atoms with van der Waals surface area (Å²) in [6.45, 7) is 4.31. The number of rotatable bonds is 4. The minimum absolute atomic E-state index is 0.0863. The largest absolute Gasteiger partial charge is 0.454 e. The summed E-state index contributed by atoms with van der Waals surface area (Å²) in [6, 6.07) is 3.49. The van der Waals surface area contributed by atoms with E-state index in [1.807, 2.05) is 6.92 Å². The number of fused-ring (bicyclic) bond motifs is 1. The molecule has 1 atom stereocenters. The van der Waals surface area contributed by atoms with Crippen LogP contribution in [0.4, 0.5) is 5.69 Å². The number of benzene rings is 1. The maximum absolute atomic E-state index is 12.4. The van der Waals surface area contributed by atoms with Crippen LogP contribution in [0.2, 0.25) is 0 Å². The van der Waals surface area contributed by atoms with Gasteiger partial charge < -0.3 is 20.1 Å². The van der Waals surface area contributed by atoms with Gasteiger partial charge in [-0.05, 0) is 19.4 Å². The zero-order valence-electron chi connectivity index (χ0n) is 11.6. The molecule has 0 bridgehead atoms. The summed E-state index contributed by atoms with van der Waals surface area (Å²) in [7, 11) is 1.80. The first-order valence-electron chi connectivity index (χ1n) is 6.50. The molecule has 1 aromatic rings. The Kier molecular flexibility index (Phi) is 3.83. The third kappa shape index (κ3) is 2.59. The van der Waals surface area contributed by atoms with Gasteiger partial charge in [0, 0.05) is 24.8 Å². The number of ether oxygens (including phenoxy) is 2. The zero-order chi connectivity index (χ0) is 14.0. The van der Waals surface area contributed by atoms with Gasteiger partial charge in [0.1, 0.15) is 0 Å². The molecule has 0 saturated carbocycles. The van der Waals surface area contributed by atoms with Gasteiger partial charge in [-0.25, -0.2) is 0 Å². The van der Waals surface area contributed by atoms with E-state index in [1.54, 1.807) is 24.1 Å². The van der Waals surface area contributed by atoms with Crippen molar-refractivity contribution in [1.29, 1.82) is 0 Å². The molecular formula is C14H20N2O3. The molecule has 0 radical (unpaired) electrons. The molecule has 1 amide bonds. The number of nitrogen functional groups attached to an aromatic ring is 1.